The number of carbonyl (C=O) groups is 1. The van der Waals surface area contributed by atoms with E-state index in [0.29, 0.717) is 5.56 Å². The van der Waals surface area contributed by atoms with Gasteiger partial charge in [-0.2, -0.15) is 0 Å². The molecular weight excluding hydrogens is 352 g/mol. The van der Waals surface area contributed by atoms with E-state index >= 15 is 0 Å². The normalized spacial score (nSPS) is 16.3. The molecule has 2 aromatic rings. The number of benzene rings is 1. The van der Waals surface area contributed by atoms with Gasteiger partial charge in [-0.3, -0.25) is 0 Å². The van der Waals surface area contributed by atoms with Crippen molar-refractivity contribution in [1.29, 1.82) is 0 Å². The molecule has 1 aromatic carbocycles. The average Bonchev–Trinajstić information content (AvgIpc) is 2.58. The predicted octanol–water partition coefficient (Wildman–Crippen LogP) is 2.57. The molecule has 0 spiro atoms. The van der Waals surface area contributed by atoms with Gasteiger partial charge in [0.2, 0.25) is 0 Å². The van der Waals surface area contributed by atoms with Crippen molar-refractivity contribution < 1.29 is 14.6 Å². The molecule has 0 unspecified atom stereocenters. The van der Waals surface area contributed by atoms with Gasteiger partial charge in [-0.05, 0) is 49.8 Å². The maximum atomic E-state index is 10.6. The van der Waals surface area contributed by atoms with Crippen molar-refractivity contribution in [3.63, 3.8) is 0 Å². The number of aliphatic carboxylic acids is 1. The summed E-state index contributed by atoms with van der Waals surface area (Å²) in [4.78, 5) is 18.7. The number of hydrogen-bond donors (Lipinski definition) is 0. The third kappa shape index (κ3) is 4.33. The van der Waals surface area contributed by atoms with E-state index in [9.17, 15) is 9.90 Å². The quantitative estimate of drug-likeness (QED) is 0.769. The van der Waals surface area contributed by atoms with E-state index in [0.717, 1.165) is 29.7 Å². The monoisotopic (exact) mass is 377 g/mol. The molecule has 0 aliphatic carbocycles. The van der Waals surface area contributed by atoms with E-state index in [1.54, 1.807) is 0 Å². The fourth-order valence-electron chi connectivity index (χ4n) is 3.92. The van der Waals surface area contributed by atoms with Crippen molar-refractivity contribution in [3.8, 4) is 17.6 Å². The summed E-state index contributed by atoms with van der Waals surface area (Å²) in [5, 5.41) is 10.6. The van der Waals surface area contributed by atoms with Crippen molar-refractivity contribution >= 4 is 5.97 Å². The number of aryl methyl sites for hydroxylation is 1. The SMILES string of the molecule is CCc1cc2c(cc1C#Cc1cnc(CC(=O)[O-])nc1)C(C)(C)CC(C)(C)O2. The van der Waals surface area contributed by atoms with Crippen LogP contribution in [0.2, 0.25) is 0 Å². The molecule has 1 aliphatic rings. The standard InChI is InChI=1S/C23H26N2O3/c1-6-16-10-19-18(22(2,3)14-23(4,5)28-19)9-17(16)8-7-15-12-24-20(25-13-15)11-21(26)27/h9-10,12-13H,6,11,14H2,1-5H3,(H,26,27)/p-1. The van der Waals surface area contributed by atoms with Crippen LogP contribution in [0.4, 0.5) is 0 Å². The summed E-state index contributed by atoms with van der Waals surface area (Å²) in [6.45, 7) is 10.8. The minimum atomic E-state index is -1.20. The van der Waals surface area contributed by atoms with Gasteiger partial charge in [0.25, 0.3) is 0 Å². The Balaban J connectivity index is 1.96. The van der Waals surface area contributed by atoms with Gasteiger partial charge in [-0.1, -0.05) is 32.6 Å². The summed E-state index contributed by atoms with van der Waals surface area (Å²) < 4.78 is 6.24. The first-order chi connectivity index (χ1) is 13.1. The fourth-order valence-corrected chi connectivity index (χ4v) is 3.92. The van der Waals surface area contributed by atoms with Crippen LogP contribution in [0.15, 0.2) is 24.5 Å². The first-order valence-electron chi connectivity index (χ1n) is 9.49. The summed E-state index contributed by atoms with van der Waals surface area (Å²) in [5.41, 5.74) is 3.72. The Hall–Kier alpha value is -2.87. The van der Waals surface area contributed by atoms with Gasteiger partial charge in [0, 0.05) is 35.9 Å². The Morgan fingerprint density at radius 3 is 2.46 bits per heavy atom. The molecular formula is C23H25N2O3-. The highest BCUT2D eigenvalue weighted by Gasteiger charge is 2.39. The molecule has 146 valence electrons. The van der Waals surface area contributed by atoms with Crippen LogP contribution in [-0.4, -0.2) is 21.5 Å². The largest absolute Gasteiger partial charge is 0.550 e. The summed E-state index contributed by atoms with van der Waals surface area (Å²) in [6, 6.07) is 4.25. The highest BCUT2D eigenvalue weighted by atomic mass is 16.5. The smallest absolute Gasteiger partial charge is 0.133 e. The minimum Gasteiger partial charge on any atom is -0.550 e. The second kappa shape index (κ2) is 7.27. The van der Waals surface area contributed by atoms with Gasteiger partial charge in [0.15, 0.2) is 0 Å². The molecule has 1 aromatic heterocycles. The minimum absolute atomic E-state index is 0.00455. The number of fused-ring (bicyclic) bond motifs is 1. The lowest BCUT2D eigenvalue weighted by Crippen LogP contribution is -2.41. The Morgan fingerprint density at radius 1 is 1.18 bits per heavy atom. The summed E-state index contributed by atoms with van der Waals surface area (Å²) >= 11 is 0. The molecule has 0 radical (unpaired) electrons. The molecule has 5 nitrogen and oxygen atoms in total. The van der Waals surface area contributed by atoms with E-state index in [4.69, 9.17) is 4.74 Å². The van der Waals surface area contributed by atoms with E-state index in [1.807, 2.05) is 0 Å². The predicted molar refractivity (Wildman–Crippen MR) is 105 cm³/mol. The van der Waals surface area contributed by atoms with Gasteiger partial charge in [-0.15, -0.1) is 0 Å². The number of ether oxygens (including phenoxy) is 1. The van der Waals surface area contributed by atoms with Gasteiger partial charge in [0.05, 0.1) is 5.56 Å². The lowest BCUT2D eigenvalue weighted by molar-refractivity contribution is -0.304. The zero-order valence-corrected chi connectivity index (χ0v) is 17.0. The molecule has 2 heterocycles. The van der Waals surface area contributed by atoms with Crippen molar-refractivity contribution in [1.82, 2.24) is 9.97 Å². The molecule has 0 N–H and O–H groups in total. The third-order valence-electron chi connectivity index (χ3n) is 4.92. The summed E-state index contributed by atoms with van der Waals surface area (Å²) in [7, 11) is 0. The first-order valence-corrected chi connectivity index (χ1v) is 9.49. The van der Waals surface area contributed by atoms with Gasteiger partial charge in [0.1, 0.15) is 17.2 Å². The lowest BCUT2D eigenvalue weighted by Gasteiger charge is -2.42. The maximum Gasteiger partial charge on any atom is 0.133 e. The van der Waals surface area contributed by atoms with Crippen LogP contribution in [0.3, 0.4) is 0 Å². The molecule has 0 saturated heterocycles. The molecule has 0 saturated carbocycles. The van der Waals surface area contributed by atoms with Crippen LogP contribution < -0.4 is 9.84 Å². The molecule has 0 atom stereocenters. The number of nitrogens with zero attached hydrogens (tertiary/aromatic N) is 2. The van der Waals surface area contributed by atoms with Crippen LogP contribution in [0.1, 0.15) is 69.1 Å². The highest BCUT2D eigenvalue weighted by molar-refractivity contribution is 5.66. The van der Waals surface area contributed by atoms with Crippen LogP contribution >= 0.6 is 0 Å². The number of hydrogen-bond acceptors (Lipinski definition) is 5. The molecule has 0 amide bonds. The lowest BCUT2D eigenvalue weighted by atomic mass is 9.73. The van der Waals surface area contributed by atoms with Gasteiger partial charge >= 0.3 is 0 Å². The van der Waals surface area contributed by atoms with E-state index in [2.05, 4.69) is 68.6 Å². The number of carboxylic acid groups (broad SMARTS) is 1. The fraction of sp³-hybridized carbons (Fsp3) is 0.435. The third-order valence-corrected chi connectivity index (χ3v) is 4.92. The summed E-state index contributed by atoms with van der Waals surface area (Å²) in [5.74, 6) is 6.28. The zero-order valence-electron chi connectivity index (χ0n) is 17.0. The Labute approximate surface area is 166 Å². The molecule has 28 heavy (non-hydrogen) atoms. The molecule has 0 bridgehead atoms. The van der Waals surface area contributed by atoms with Crippen molar-refractivity contribution in [2.75, 3.05) is 0 Å². The van der Waals surface area contributed by atoms with Crippen molar-refractivity contribution in [2.24, 2.45) is 0 Å². The number of carbonyl (C=O) groups excluding carboxylic acids is 1. The zero-order chi connectivity index (χ0) is 20.5. The maximum absolute atomic E-state index is 10.6. The number of rotatable bonds is 3. The first kappa shape index (κ1) is 19.9. The van der Waals surface area contributed by atoms with E-state index in [1.165, 1.54) is 18.0 Å². The Bertz CT molecular complexity index is 964. The molecule has 0 fully saturated rings. The molecule has 1 aliphatic heterocycles. The second-order valence-corrected chi connectivity index (χ2v) is 8.47. The number of carboxylic acids is 1. The second-order valence-electron chi connectivity index (χ2n) is 8.47. The highest BCUT2D eigenvalue weighted by Crippen LogP contribution is 2.45. The number of aromatic nitrogens is 2. The van der Waals surface area contributed by atoms with Crippen molar-refractivity contribution in [3.05, 3.63) is 52.6 Å². The van der Waals surface area contributed by atoms with Crippen LogP contribution in [0, 0.1) is 11.8 Å². The topological polar surface area (TPSA) is 75.1 Å². The van der Waals surface area contributed by atoms with E-state index < -0.39 is 5.97 Å². The molecule has 5 heteroatoms. The summed E-state index contributed by atoms with van der Waals surface area (Å²) in [6.07, 6.45) is 4.56. The Kier molecular flexibility index (Phi) is 5.16. The van der Waals surface area contributed by atoms with Crippen molar-refractivity contribution in [2.45, 2.75) is 64.9 Å². The van der Waals surface area contributed by atoms with Crippen LogP contribution in [0.5, 0.6) is 5.75 Å². The van der Waals surface area contributed by atoms with Crippen LogP contribution in [-0.2, 0) is 23.1 Å². The van der Waals surface area contributed by atoms with Gasteiger partial charge < -0.3 is 14.6 Å². The Morgan fingerprint density at radius 2 is 1.86 bits per heavy atom. The average molecular weight is 377 g/mol. The molecule has 3 rings (SSSR count). The van der Waals surface area contributed by atoms with Crippen LogP contribution in [0.25, 0.3) is 0 Å². The van der Waals surface area contributed by atoms with Gasteiger partial charge in [-0.25, -0.2) is 9.97 Å². The van der Waals surface area contributed by atoms with E-state index in [-0.39, 0.29) is 23.3 Å².